The van der Waals surface area contributed by atoms with Crippen molar-refractivity contribution in [3.8, 4) is 17.3 Å². The van der Waals surface area contributed by atoms with Crippen molar-refractivity contribution in [3.63, 3.8) is 0 Å². The van der Waals surface area contributed by atoms with Crippen LogP contribution in [0.2, 0.25) is 0 Å². The number of nitrogens with zero attached hydrogens (tertiary/aromatic N) is 4. The number of likely N-dealkylation sites (tertiary alicyclic amines) is 1. The molecule has 142 valence electrons. The summed E-state index contributed by atoms with van der Waals surface area (Å²) < 4.78 is 1.06. The van der Waals surface area contributed by atoms with Crippen molar-refractivity contribution in [1.82, 2.24) is 14.9 Å². The smallest absolute Gasteiger partial charge is 0.253 e. The predicted octanol–water partition coefficient (Wildman–Crippen LogP) is 4.82. The van der Waals surface area contributed by atoms with E-state index in [1.54, 1.807) is 11.3 Å². The minimum atomic E-state index is -0.406. The number of piperidine rings is 1. The molecule has 1 unspecified atom stereocenters. The second-order valence-corrected chi connectivity index (χ2v) is 8.32. The van der Waals surface area contributed by atoms with Crippen LogP contribution in [0, 0.1) is 23.7 Å². The lowest BCUT2D eigenvalue weighted by Crippen LogP contribution is -2.45. The van der Waals surface area contributed by atoms with Gasteiger partial charge in [-0.1, -0.05) is 19.1 Å². The van der Waals surface area contributed by atoms with Crippen molar-refractivity contribution in [2.75, 3.05) is 13.1 Å². The van der Waals surface area contributed by atoms with Gasteiger partial charge in [-0.15, -0.1) is 11.3 Å². The molecule has 0 bridgehead atoms. The van der Waals surface area contributed by atoms with Crippen LogP contribution in [0.4, 0.5) is 0 Å². The second-order valence-electron chi connectivity index (χ2n) is 7.41. The normalized spacial score (nSPS) is 19.5. The van der Waals surface area contributed by atoms with Gasteiger partial charge in [0.15, 0.2) is 0 Å². The van der Waals surface area contributed by atoms with Crippen LogP contribution in [0.3, 0.4) is 0 Å². The van der Waals surface area contributed by atoms with Crippen molar-refractivity contribution in [1.29, 1.82) is 5.26 Å². The van der Waals surface area contributed by atoms with E-state index in [1.807, 2.05) is 54.5 Å². The maximum atomic E-state index is 13.0. The van der Waals surface area contributed by atoms with E-state index < -0.39 is 5.41 Å². The van der Waals surface area contributed by atoms with Crippen LogP contribution in [0.25, 0.3) is 21.5 Å². The van der Waals surface area contributed by atoms with Gasteiger partial charge in [0, 0.05) is 24.2 Å². The van der Waals surface area contributed by atoms with Crippen molar-refractivity contribution >= 4 is 27.5 Å². The summed E-state index contributed by atoms with van der Waals surface area (Å²) in [5.41, 5.74) is 3.09. The fourth-order valence-electron chi connectivity index (χ4n) is 3.89. The highest BCUT2D eigenvalue weighted by Gasteiger charge is 2.36. The van der Waals surface area contributed by atoms with E-state index in [0.29, 0.717) is 18.7 Å². The van der Waals surface area contributed by atoms with Crippen LogP contribution in [-0.2, 0) is 0 Å². The van der Waals surface area contributed by atoms with Crippen LogP contribution in [0.5, 0.6) is 0 Å². The molecular formula is C22H22N4OS. The Hall–Kier alpha value is -2.78. The first-order valence-corrected chi connectivity index (χ1v) is 10.5. The van der Waals surface area contributed by atoms with Crippen LogP contribution in [0.15, 0.2) is 35.7 Å². The summed E-state index contributed by atoms with van der Waals surface area (Å²) in [6.45, 7) is 5.15. The number of rotatable bonds is 3. The first-order chi connectivity index (χ1) is 13.5. The molecule has 28 heavy (non-hydrogen) atoms. The molecule has 0 spiro atoms. The number of amides is 1. The van der Waals surface area contributed by atoms with Crippen molar-refractivity contribution < 1.29 is 4.79 Å². The molecule has 1 amide bonds. The van der Waals surface area contributed by atoms with Crippen molar-refractivity contribution in [2.45, 2.75) is 33.1 Å². The van der Waals surface area contributed by atoms with Gasteiger partial charge in [-0.05, 0) is 49.8 Å². The van der Waals surface area contributed by atoms with Gasteiger partial charge in [0.05, 0.1) is 27.4 Å². The highest BCUT2D eigenvalue weighted by Crippen LogP contribution is 2.34. The highest BCUT2D eigenvalue weighted by molar-refractivity contribution is 7.17. The van der Waals surface area contributed by atoms with Gasteiger partial charge in [0.2, 0.25) is 0 Å². The Bertz CT molecular complexity index is 1070. The van der Waals surface area contributed by atoms with Crippen LogP contribution in [-0.4, -0.2) is 33.9 Å². The Balaban J connectivity index is 1.60. The molecular weight excluding hydrogens is 368 g/mol. The SMILES string of the molecule is CCC1(C#N)CCCN(C(=O)c2ccc(-c3nc(C)nc4ccsc34)cc2)C1. The topological polar surface area (TPSA) is 69.9 Å². The quantitative estimate of drug-likeness (QED) is 0.643. The molecule has 0 N–H and O–H groups in total. The molecule has 1 aliphatic rings. The van der Waals surface area contributed by atoms with E-state index in [9.17, 15) is 10.1 Å². The first kappa shape index (κ1) is 18.6. The summed E-state index contributed by atoms with van der Waals surface area (Å²) in [5.74, 6) is 0.737. The molecule has 1 aliphatic heterocycles. The molecule has 2 aromatic heterocycles. The van der Waals surface area contributed by atoms with Gasteiger partial charge in [-0.25, -0.2) is 9.97 Å². The van der Waals surface area contributed by atoms with Crippen LogP contribution < -0.4 is 0 Å². The number of fused-ring (bicyclic) bond motifs is 1. The van der Waals surface area contributed by atoms with Crippen LogP contribution in [0.1, 0.15) is 42.4 Å². The van der Waals surface area contributed by atoms with E-state index in [4.69, 9.17) is 0 Å². The zero-order chi connectivity index (χ0) is 19.7. The third-order valence-corrected chi connectivity index (χ3v) is 6.51. The Kier molecular flexibility index (Phi) is 4.86. The second kappa shape index (κ2) is 7.33. The van der Waals surface area contributed by atoms with Crippen LogP contribution >= 0.6 is 11.3 Å². The molecule has 1 saturated heterocycles. The maximum Gasteiger partial charge on any atom is 0.253 e. The van der Waals surface area contributed by atoms with E-state index in [0.717, 1.165) is 46.6 Å². The number of benzene rings is 1. The lowest BCUT2D eigenvalue weighted by molar-refractivity contribution is 0.0604. The standard InChI is InChI=1S/C22H22N4OS/c1-3-22(13-23)10-4-11-26(14-22)21(27)17-7-5-16(6-8-17)19-20-18(9-12-28-20)24-15(2)25-19/h5-9,12H,3-4,10-11,14H2,1-2H3. The average molecular weight is 391 g/mol. The lowest BCUT2D eigenvalue weighted by atomic mass is 9.79. The number of carbonyl (C=O) groups is 1. The number of aryl methyl sites for hydroxylation is 1. The average Bonchev–Trinajstić information content (AvgIpc) is 3.21. The molecule has 0 radical (unpaired) electrons. The lowest BCUT2D eigenvalue weighted by Gasteiger charge is -2.37. The van der Waals surface area contributed by atoms with Gasteiger partial charge < -0.3 is 4.90 Å². The molecule has 1 atom stereocenters. The maximum absolute atomic E-state index is 13.0. The minimum Gasteiger partial charge on any atom is -0.337 e. The first-order valence-electron chi connectivity index (χ1n) is 9.58. The number of hydrogen-bond donors (Lipinski definition) is 0. The third-order valence-electron chi connectivity index (χ3n) is 5.60. The molecule has 0 aliphatic carbocycles. The molecule has 1 aromatic carbocycles. The van der Waals surface area contributed by atoms with E-state index in [-0.39, 0.29) is 5.91 Å². The zero-order valence-corrected chi connectivity index (χ0v) is 16.9. The number of nitriles is 1. The third kappa shape index (κ3) is 3.27. The number of aromatic nitrogens is 2. The van der Waals surface area contributed by atoms with Crippen molar-refractivity contribution in [2.24, 2.45) is 5.41 Å². The summed E-state index contributed by atoms with van der Waals surface area (Å²) >= 11 is 1.62. The summed E-state index contributed by atoms with van der Waals surface area (Å²) in [7, 11) is 0. The zero-order valence-electron chi connectivity index (χ0n) is 16.1. The van der Waals surface area contributed by atoms with E-state index in [2.05, 4.69) is 16.0 Å². The molecule has 6 heteroatoms. The Labute approximate surface area is 168 Å². The fraction of sp³-hybridized carbons (Fsp3) is 0.364. The van der Waals surface area contributed by atoms with E-state index in [1.165, 1.54) is 0 Å². The number of carbonyl (C=O) groups excluding carboxylic acids is 1. The molecule has 1 fully saturated rings. The number of thiophene rings is 1. The molecule has 4 rings (SSSR count). The Morgan fingerprint density at radius 2 is 2.07 bits per heavy atom. The summed E-state index contributed by atoms with van der Waals surface area (Å²) in [5, 5.41) is 11.6. The fourth-order valence-corrected chi connectivity index (χ4v) is 4.74. The molecule has 3 aromatic rings. The molecule has 3 heterocycles. The Morgan fingerprint density at radius 1 is 1.29 bits per heavy atom. The monoisotopic (exact) mass is 390 g/mol. The van der Waals surface area contributed by atoms with Crippen molar-refractivity contribution in [3.05, 3.63) is 47.1 Å². The van der Waals surface area contributed by atoms with E-state index >= 15 is 0 Å². The predicted molar refractivity (Wildman–Crippen MR) is 111 cm³/mol. The van der Waals surface area contributed by atoms with Gasteiger partial charge in [-0.3, -0.25) is 4.79 Å². The van der Waals surface area contributed by atoms with Gasteiger partial charge in [-0.2, -0.15) is 5.26 Å². The summed E-state index contributed by atoms with van der Waals surface area (Å²) in [6.07, 6.45) is 2.52. The van der Waals surface area contributed by atoms with Gasteiger partial charge in [0.1, 0.15) is 5.82 Å². The largest absolute Gasteiger partial charge is 0.337 e. The molecule has 0 saturated carbocycles. The summed E-state index contributed by atoms with van der Waals surface area (Å²) in [6, 6.07) is 12.1. The molecule has 5 nitrogen and oxygen atoms in total. The number of hydrogen-bond acceptors (Lipinski definition) is 5. The van der Waals surface area contributed by atoms with Gasteiger partial charge >= 0.3 is 0 Å². The van der Waals surface area contributed by atoms with Gasteiger partial charge in [0.25, 0.3) is 5.91 Å². The highest BCUT2D eigenvalue weighted by atomic mass is 32.1. The summed E-state index contributed by atoms with van der Waals surface area (Å²) in [4.78, 5) is 23.9. The Morgan fingerprint density at radius 3 is 2.79 bits per heavy atom. The minimum absolute atomic E-state index is 0.000497.